The highest BCUT2D eigenvalue weighted by molar-refractivity contribution is 5.95. The maximum atomic E-state index is 11.4. The summed E-state index contributed by atoms with van der Waals surface area (Å²) in [5.74, 6) is -0.236. The lowest BCUT2D eigenvalue weighted by Crippen LogP contribution is -2.03. The predicted octanol–water partition coefficient (Wildman–Crippen LogP) is 5.02. The number of hydrogen-bond acceptors (Lipinski definition) is 3. The zero-order chi connectivity index (χ0) is 17.6. The minimum atomic E-state index is -0.956. The monoisotopic (exact) mass is 333 g/mol. The van der Waals surface area contributed by atoms with Crippen molar-refractivity contribution in [3.8, 4) is 5.75 Å². The maximum Gasteiger partial charge on any atom is 0.337 e. The van der Waals surface area contributed by atoms with E-state index in [1.807, 2.05) is 67.6 Å². The number of ether oxygens (including phenoxy) is 1. The zero-order valence-electron chi connectivity index (χ0n) is 13.9. The van der Waals surface area contributed by atoms with Crippen molar-refractivity contribution in [2.24, 2.45) is 0 Å². The van der Waals surface area contributed by atoms with Gasteiger partial charge < -0.3 is 15.2 Å². The fourth-order valence-corrected chi connectivity index (χ4v) is 2.50. The Morgan fingerprint density at radius 3 is 2.56 bits per heavy atom. The first-order valence-electron chi connectivity index (χ1n) is 7.99. The molecular formula is C21H19NO3. The van der Waals surface area contributed by atoms with Gasteiger partial charge in [-0.15, -0.1) is 0 Å². The van der Waals surface area contributed by atoms with Crippen molar-refractivity contribution in [3.63, 3.8) is 0 Å². The van der Waals surface area contributed by atoms with Gasteiger partial charge in [0.15, 0.2) is 0 Å². The Morgan fingerprint density at radius 1 is 1.00 bits per heavy atom. The summed E-state index contributed by atoms with van der Waals surface area (Å²) in [6.45, 7) is 2.35. The van der Waals surface area contributed by atoms with Crippen LogP contribution in [0.25, 0.3) is 0 Å². The summed E-state index contributed by atoms with van der Waals surface area (Å²) in [5, 5.41) is 12.5. The Kier molecular flexibility index (Phi) is 5.00. The molecule has 0 aliphatic carbocycles. The molecule has 3 aromatic carbocycles. The van der Waals surface area contributed by atoms with Crippen LogP contribution in [0.4, 0.5) is 11.4 Å². The van der Waals surface area contributed by atoms with Crippen LogP contribution in [0.1, 0.15) is 21.5 Å². The summed E-state index contributed by atoms with van der Waals surface area (Å²) in [7, 11) is 0. The van der Waals surface area contributed by atoms with Crippen molar-refractivity contribution >= 4 is 17.3 Å². The van der Waals surface area contributed by atoms with Crippen LogP contribution in [0.15, 0.2) is 72.8 Å². The summed E-state index contributed by atoms with van der Waals surface area (Å²) in [5.41, 5.74) is 3.57. The van der Waals surface area contributed by atoms with E-state index in [9.17, 15) is 9.90 Å². The van der Waals surface area contributed by atoms with Crippen LogP contribution >= 0.6 is 0 Å². The van der Waals surface area contributed by atoms with Gasteiger partial charge in [0, 0.05) is 11.8 Å². The molecule has 0 fully saturated rings. The third kappa shape index (κ3) is 4.38. The smallest absolute Gasteiger partial charge is 0.337 e. The van der Waals surface area contributed by atoms with E-state index in [0.29, 0.717) is 12.3 Å². The lowest BCUT2D eigenvalue weighted by atomic mass is 10.1. The molecule has 126 valence electrons. The lowest BCUT2D eigenvalue weighted by Gasteiger charge is -2.12. The molecule has 0 radical (unpaired) electrons. The first kappa shape index (κ1) is 16.6. The molecule has 0 bridgehead atoms. The maximum absolute atomic E-state index is 11.4. The Hall–Kier alpha value is -3.27. The standard InChI is InChI=1S/C21H19NO3/c1-15-10-11-20(19(12-15)21(23)24)22-17-8-5-9-18(13-17)25-14-16-6-3-2-4-7-16/h2-13,22H,14H2,1H3,(H,23,24). The van der Waals surface area contributed by atoms with Crippen LogP contribution in [0.2, 0.25) is 0 Å². The number of carboxylic acids is 1. The van der Waals surface area contributed by atoms with Crippen LogP contribution < -0.4 is 10.1 Å². The number of aromatic carboxylic acids is 1. The second-order valence-corrected chi connectivity index (χ2v) is 5.78. The van der Waals surface area contributed by atoms with E-state index in [-0.39, 0.29) is 5.56 Å². The first-order chi connectivity index (χ1) is 12.1. The summed E-state index contributed by atoms with van der Waals surface area (Å²) in [4.78, 5) is 11.4. The molecule has 0 atom stereocenters. The number of carbonyl (C=O) groups is 1. The first-order valence-corrected chi connectivity index (χ1v) is 7.99. The minimum Gasteiger partial charge on any atom is -0.489 e. The Bertz CT molecular complexity index is 875. The van der Waals surface area contributed by atoms with Gasteiger partial charge in [0.25, 0.3) is 0 Å². The molecule has 2 N–H and O–H groups in total. The van der Waals surface area contributed by atoms with Gasteiger partial charge >= 0.3 is 5.97 Å². The number of anilines is 2. The number of nitrogens with one attached hydrogen (secondary N) is 1. The fraction of sp³-hybridized carbons (Fsp3) is 0.0952. The molecule has 0 saturated carbocycles. The molecule has 0 aliphatic rings. The summed E-state index contributed by atoms with van der Waals surface area (Å²) < 4.78 is 5.81. The van der Waals surface area contributed by atoms with Crippen LogP contribution in [-0.4, -0.2) is 11.1 Å². The molecule has 0 aromatic heterocycles. The molecule has 0 unspecified atom stereocenters. The van der Waals surface area contributed by atoms with E-state index in [4.69, 9.17) is 4.74 Å². The van der Waals surface area contributed by atoms with E-state index in [0.717, 1.165) is 22.6 Å². The number of hydrogen-bond donors (Lipinski definition) is 2. The highest BCUT2D eigenvalue weighted by Gasteiger charge is 2.10. The topological polar surface area (TPSA) is 58.6 Å². The molecule has 0 heterocycles. The number of aryl methyl sites for hydroxylation is 1. The van der Waals surface area contributed by atoms with Crippen LogP contribution in [-0.2, 0) is 6.61 Å². The molecule has 3 rings (SSSR count). The zero-order valence-corrected chi connectivity index (χ0v) is 13.9. The van der Waals surface area contributed by atoms with Crippen molar-refractivity contribution in [2.45, 2.75) is 13.5 Å². The van der Waals surface area contributed by atoms with Crippen molar-refractivity contribution < 1.29 is 14.6 Å². The molecule has 25 heavy (non-hydrogen) atoms. The summed E-state index contributed by atoms with van der Waals surface area (Å²) >= 11 is 0. The largest absolute Gasteiger partial charge is 0.489 e. The second kappa shape index (κ2) is 7.53. The van der Waals surface area contributed by atoms with E-state index < -0.39 is 5.97 Å². The lowest BCUT2D eigenvalue weighted by molar-refractivity contribution is 0.0698. The molecule has 0 saturated heterocycles. The molecule has 4 nitrogen and oxygen atoms in total. The van der Waals surface area contributed by atoms with Crippen molar-refractivity contribution in [3.05, 3.63) is 89.5 Å². The van der Waals surface area contributed by atoms with E-state index in [2.05, 4.69) is 5.32 Å². The Morgan fingerprint density at radius 2 is 1.80 bits per heavy atom. The van der Waals surface area contributed by atoms with Gasteiger partial charge in [-0.05, 0) is 36.8 Å². The van der Waals surface area contributed by atoms with E-state index in [1.165, 1.54) is 0 Å². The van der Waals surface area contributed by atoms with Crippen LogP contribution in [0.3, 0.4) is 0 Å². The number of benzene rings is 3. The molecule has 4 heteroatoms. The molecular weight excluding hydrogens is 314 g/mol. The van der Waals surface area contributed by atoms with Gasteiger partial charge in [-0.25, -0.2) is 4.79 Å². The van der Waals surface area contributed by atoms with Gasteiger partial charge in [0.2, 0.25) is 0 Å². The van der Waals surface area contributed by atoms with Gasteiger partial charge in [-0.2, -0.15) is 0 Å². The predicted molar refractivity (Wildman–Crippen MR) is 98.6 cm³/mol. The molecule has 3 aromatic rings. The average Bonchev–Trinajstić information content (AvgIpc) is 2.62. The average molecular weight is 333 g/mol. The molecule has 0 aliphatic heterocycles. The normalized spacial score (nSPS) is 10.3. The van der Waals surface area contributed by atoms with Gasteiger partial charge in [-0.3, -0.25) is 0 Å². The summed E-state index contributed by atoms with van der Waals surface area (Å²) in [6, 6.07) is 22.7. The number of carboxylic acid groups (broad SMARTS) is 1. The molecule has 0 spiro atoms. The Balaban J connectivity index is 1.75. The highest BCUT2D eigenvalue weighted by Crippen LogP contribution is 2.25. The van der Waals surface area contributed by atoms with Gasteiger partial charge in [0.05, 0.1) is 11.3 Å². The fourth-order valence-electron chi connectivity index (χ4n) is 2.50. The van der Waals surface area contributed by atoms with Gasteiger partial charge in [-0.1, -0.05) is 48.0 Å². The minimum absolute atomic E-state index is 0.246. The third-order valence-corrected chi connectivity index (χ3v) is 3.77. The van der Waals surface area contributed by atoms with Crippen molar-refractivity contribution in [1.29, 1.82) is 0 Å². The quantitative estimate of drug-likeness (QED) is 0.665. The van der Waals surface area contributed by atoms with E-state index in [1.54, 1.807) is 12.1 Å². The Labute approximate surface area is 146 Å². The van der Waals surface area contributed by atoms with Crippen LogP contribution in [0, 0.1) is 6.92 Å². The summed E-state index contributed by atoms with van der Waals surface area (Å²) in [6.07, 6.45) is 0. The van der Waals surface area contributed by atoms with E-state index >= 15 is 0 Å². The third-order valence-electron chi connectivity index (χ3n) is 3.77. The van der Waals surface area contributed by atoms with Crippen LogP contribution in [0.5, 0.6) is 5.75 Å². The van der Waals surface area contributed by atoms with Crippen molar-refractivity contribution in [1.82, 2.24) is 0 Å². The SMILES string of the molecule is Cc1ccc(Nc2cccc(OCc3ccccc3)c2)c(C(=O)O)c1. The van der Waals surface area contributed by atoms with Gasteiger partial charge in [0.1, 0.15) is 12.4 Å². The number of rotatable bonds is 6. The second-order valence-electron chi connectivity index (χ2n) is 5.78. The van der Waals surface area contributed by atoms with Crippen molar-refractivity contribution in [2.75, 3.05) is 5.32 Å². The molecule has 0 amide bonds. The highest BCUT2D eigenvalue weighted by atomic mass is 16.5.